The molecule has 1 heteroatoms. The first-order valence-corrected chi connectivity index (χ1v) is 10.5. The predicted molar refractivity (Wildman–Crippen MR) is 124 cm³/mol. The molecule has 0 aliphatic carbocycles. The van der Waals surface area contributed by atoms with Crippen LogP contribution in [0.25, 0.3) is 33.2 Å². The lowest BCUT2D eigenvalue weighted by molar-refractivity contribution is -0.659. The Hall–Kier alpha value is -2.93. The minimum atomic E-state index is 0.537. The number of benzene rings is 3. The zero-order chi connectivity index (χ0) is 20.7. The van der Waals surface area contributed by atoms with Crippen LogP contribution in [0.1, 0.15) is 42.0 Å². The largest absolute Gasteiger partial charge is 0.220 e. The van der Waals surface area contributed by atoms with Crippen LogP contribution in [0.15, 0.2) is 66.9 Å². The Labute approximate surface area is 174 Å². The second-order valence-electron chi connectivity index (χ2n) is 8.57. The summed E-state index contributed by atoms with van der Waals surface area (Å²) < 4.78 is 2.25. The molecule has 4 aromatic rings. The van der Waals surface area contributed by atoms with Crippen LogP contribution >= 0.6 is 0 Å². The monoisotopic (exact) mass is 380 g/mol. The van der Waals surface area contributed by atoms with Crippen molar-refractivity contribution < 1.29 is 4.57 Å². The second kappa shape index (κ2) is 7.48. The van der Waals surface area contributed by atoms with Gasteiger partial charge >= 0.3 is 0 Å². The van der Waals surface area contributed by atoms with E-state index in [2.05, 4.69) is 113 Å². The van der Waals surface area contributed by atoms with Crippen LogP contribution in [0.4, 0.5) is 0 Å². The van der Waals surface area contributed by atoms with E-state index in [4.69, 9.17) is 0 Å². The van der Waals surface area contributed by atoms with Crippen LogP contribution in [0, 0.1) is 20.8 Å². The molecule has 1 heterocycles. The number of aryl methyl sites for hydroxylation is 4. The maximum absolute atomic E-state index is 2.34. The average molecular weight is 381 g/mol. The molecule has 0 aliphatic rings. The zero-order valence-corrected chi connectivity index (χ0v) is 18.4. The van der Waals surface area contributed by atoms with Crippen molar-refractivity contribution in [1.29, 1.82) is 0 Å². The summed E-state index contributed by atoms with van der Waals surface area (Å²) in [5, 5.41) is 2.62. The normalized spacial score (nSPS) is 11.4. The molecule has 4 rings (SSSR count). The highest BCUT2D eigenvalue weighted by Gasteiger charge is 2.18. The second-order valence-corrected chi connectivity index (χ2v) is 8.57. The van der Waals surface area contributed by atoms with E-state index in [9.17, 15) is 0 Å². The van der Waals surface area contributed by atoms with Crippen LogP contribution in [0.2, 0.25) is 0 Å². The molecule has 0 N–H and O–H groups in total. The highest BCUT2D eigenvalue weighted by molar-refractivity contribution is 5.94. The molecule has 0 saturated heterocycles. The SMILES string of the molecule is Cc1cc(-c2c(C)cccc2C)ccc1-c1c2ccc(C(C)C)cc2cc[n+]1C. The van der Waals surface area contributed by atoms with E-state index in [-0.39, 0.29) is 0 Å². The van der Waals surface area contributed by atoms with Crippen molar-refractivity contribution in [3.05, 3.63) is 89.1 Å². The quantitative estimate of drug-likeness (QED) is 0.335. The molecule has 0 fully saturated rings. The van der Waals surface area contributed by atoms with Gasteiger partial charge in [0.1, 0.15) is 7.05 Å². The molecule has 1 aromatic heterocycles. The minimum absolute atomic E-state index is 0.537. The third-order valence-electron chi connectivity index (χ3n) is 6.08. The zero-order valence-electron chi connectivity index (χ0n) is 18.4. The summed E-state index contributed by atoms with van der Waals surface area (Å²) in [7, 11) is 2.14. The van der Waals surface area contributed by atoms with Crippen LogP contribution in [-0.2, 0) is 7.05 Å². The van der Waals surface area contributed by atoms with Crippen molar-refractivity contribution in [3.8, 4) is 22.4 Å². The number of rotatable bonds is 3. The minimum Gasteiger partial charge on any atom is -0.200 e. The van der Waals surface area contributed by atoms with E-state index in [0.717, 1.165) is 0 Å². The highest BCUT2D eigenvalue weighted by atomic mass is 14.9. The lowest BCUT2D eigenvalue weighted by Crippen LogP contribution is -2.30. The third kappa shape index (κ3) is 3.46. The van der Waals surface area contributed by atoms with E-state index in [0.29, 0.717) is 5.92 Å². The maximum atomic E-state index is 2.34. The summed E-state index contributed by atoms with van der Waals surface area (Å²) >= 11 is 0. The van der Waals surface area contributed by atoms with Gasteiger partial charge in [0.2, 0.25) is 5.69 Å². The standard InChI is InChI=1S/C28H30N/c1-18(2)22-10-13-26-23(17-22)14-15-29(6)28(26)25-12-11-24(16-21(25)5)27-19(3)8-7-9-20(27)4/h7-18H,1-6H3/q+1. The van der Waals surface area contributed by atoms with E-state index >= 15 is 0 Å². The average Bonchev–Trinajstić information content (AvgIpc) is 2.68. The predicted octanol–water partition coefficient (Wildman–Crippen LogP) is 7.05. The van der Waals surface area contributed by atoms with Gasteiger partial charge in [-0.25, -0.2) is 4.57 Å². The number of hydrogen-bond acceptors (Lipinski definition) is 0. The van der Waals surface area contributed by atoms with Gasteiger partial charge in [0.05, 0.1) is 5.39 Å². The number of hydrogen-bond donors (Lipinski definition) is 0. The third-order valence-corrected chi connectivity index (χ3v) is 6.08. The van der Waals surface area contributed by atoms with E-state index in [1.807, 2.05) is 0 Å². The van der Waals surface area contributed by atoms with Gasteiger partial charge in [-0.3, -0.25) is 0 Å². The summed E-state index contributed by atoms with van der Waals surface area (Å²) in [6.45, 7) is 11.1. The lowest BCUT2D eigenvalue weighted by Gasteiger charge is -2.14. The van der Waals surface area contributed by atoms with E-state index < -0.39 is 0 Å². The molecule has 0 saturated carbocycles. The molecule has 0 atom stereocenters. The van der Waals surface area contributed by atoms with Gasteiger partial charge < -0.3 is 0 Å². The summed E-state index contributed by atoms with van der Waals surface area (Å²) in [6, 6.07) is 22.6. The van der Waals surface area contributed by atoms with Crippen LogP contribution in [0.5, 0.6) is 0 Å². The summed E-state index contributed by atoms with van der Waals surface area (Å²) in [4.78, 5) is 0. The first kappa shape index (κ1) is 19.4. The van der Waals surface area contributed by atoms with Crippen LogP contribution in [-0.4, -0.2) is 0 Å². The molecule has 1 nitrogen and oxygen atoms in total. The fraction of sp³-hybridized carbons (Fsp3) is 0.250. The van der Waals surface area contributed by atoms with Gasteiger partial charge in [-0.15, -0.1) is 0 Å². The smallest absolute Gasteiger partial charge is 0.200 e. The Bertz CT molecular complexity index is 1190. The lowest BCUT2D eigenvalue weighted by atomic mass is 9.91. The van der Waals surface area contributed by atoms with E-state index in [1.54, 1.807) is 0 Å². The van der Waals surface area contributed by atoms with Crippen molar-refractivity contribution in [3.63, 3.8) is 0 Å². The Kier molecular flexibility index (Phi) is 5.00. The van der Waals surface area contributed by atoms with Crippen LogP contribution in [0.3, 0.4) is 0 Å². The van der Waals surface area contributed by atoms with E-state index in [1.165, 1.54) is 55.4 Å². The Morgan fingerprint density at radius 1 is 0.759 bits per heavy atom. The molecular formula is C28H30N+. The number of fused-ring (bicyclic) bond motifs is 1. The number of pyridine rings is 1. The fourth-order valence-electron chi connectivity index (χ4n) is 4.44. The van der Waals surface area contributed by atoms with Crippen molar-refractivity contribution in [2.45, 2.75) is 40.5 Å². The molecule has 0 radical (unpaired) electrons. The molecule has 0 amide bonds. The summed E-state index contributed by atoms with van der Waals surface area (Å²) in [5.41, 5.74) is 10.6. The van der Waals surface area contributed by atoms with Gasteiger partial charge in [0, 0.05) is 11.6 Å². The summed E-state index contributed by atoms with van der Waals surface area (Å²) in [6.07, 6.45) is 2.18. The molecule has 29 heavy (non-hydrogen) atoms. The molecule has 0 spiro atoms. The number of aromatic nitrogens is 1. The Morgan fingerprint density at radius 3 is 2.14 bits per heavy atom. The van der Waals surface area contributed by atoms with Gasteiger partial charge in [0.25, 0.3) is 0 Å². The fourth-order valence-corrected chi connectivity index (χ4v) is 4.44. The Morgan fingerprint density at radius 2 is 1.48 bits per heavy atom. The van der Waals surface area contributed by atoms with Crippen molar-refractivity contribution in [1.82, 2.24) is 0 Å². The van der Waals surface area contributed by atoms with Crippen molar-refractivity contribution in [2.75, 3.05) is 0 Å². The topological polar surface area (TPSA) is 3.88 Å². The molecule has 0 bridgehead atoms. The van der Waals surface area contributed by atoms with Gasteiger partial charge in [-0.1, -0.05) is 56.3 Å². The first-order valence-electron chi connectivity index (χ1n) is 10.5. The number of nitrogens with zero attached hydrogens (tertiary/aromatic N) is 1. The maximum Gasteiger partial charge on any atom is 0.220 e. The Balaban J connectivity index is 1.89. The molecule has 3 aromatic carbocycles. The van der Waals surface area contributed by atoms with Crippen LogP contribution < -0.4 is 4.57 Å². The first-order chi connectivity index (χ1) is 13.9. The van der Waals surface area contributed by atoms with Crippen molar-refractivity contribution >= 4 is 10.8 Å². The molecule has 0 aliphatic heterocycles. The van der Waals surface area contributed by atoms with Gasteiger partial charge in [-0.05, 0) is 77.6 Å². The molecule has 146 valence electrons. The summed E-state index contributed by atoms with van der Waals surface area (Å²) in [5.74, 6) is 0.537. The van der Waals surface area contributed by atoms with Crippen molar-refractivity contribution in [2.24, 2.45) is 7.05 Å². The molecule has 0 unspecified atom stereocenters. The highest BCUT2D eigenvalue weighted by Crippen LogP contribution is 2.34. The van der Waals surface area contributed by atoms with Gasteiger partial charge in [-0.2, -0.15) is 0 Å². The van der Waals surface area contributed by atoms with Gasteiger partial charge in [0.15, 0.2) is 6.20 Å². The molecular weight excluding hydrogens is 350 g/mol.